The van der Waals surface area contributed by atoms with E-state index in [0.29, 0.717) is 49.1 Å². The maximum absolute atomic E-state index is 14.4. The average Bonchev–Trinajstić information content (AvgIpc) is 0.871. The monoisotopic (exact) mass is 1420 g/mol. The molecule has 552 valence electrons. The lowest BCUT2D eigenvalue weighted by molar-refractivity contribution is -0.141. The number of thioether (sulfide) groups is 1. The minimum atomic E-state index is -1.87. The number of benzene rings is 3. The summed E-state index contributed by atoms with van der Waals surface area (Å²) in [6, 6.07) is 11.0. The van der Waals surface area contributed by atoms with E-state index < -0.39 is 157 Å². The molecule has 100 heavy (non-hydrogen) atoms. The topological polar surface area (TPSA) is 467 Å². The highest BCUT2D eigenvalue weighted by molar-refractivity contribution is 7.98. The molecule has 3 rings (SSSR count). The van der Waals surface area contributed by atoms with Gasteiger partial charge < -0.3 is 85.3 Å². The number of carboxylic acids is 2. The molecular weight excluding hydrogens is 1310 g/mol. The van der Waals surface area contributed by atoms with Gasteiger partial charge in [-0.1, -0.05) is 114 Å². The first-order chi connectivity index (χ1) is 47.6. The number of aromatic hydroxyl groups is 1. The Morgan fingerprint density at radius 3 is 1.37 bits per heavy atom. The summed E-state index contributed by atoms with van der Waals surface area (Å²) in [5, 5.41) is 58.3. The van der Waals surface area contributed by atoms with Crippen molar-refractivity contribution in [2.24, 2.45) is 23.3 Å². The number of carbonyl (C=O) groups excluding carboxylic acids is 11. The van der Waals surface area contributed by atoms with Crippen molar-refractivity contribution in [2.75, 3.05) is 32.1 Å². The van der Waals surface area contributed by atoms with Crippen LogP contribution in [0.1, 0.15) is 141 Å². The van der Waals surface area contributed by atoms with E-state index in [1.165, 1.54) is 30.9 Å². The number of carboxylic acid groups (broad SMARTS) is 2. The molecule has 3 aromatic rings. The van der Waals surface area contributed by atoms with E-state index in [2.05, 4.69) is 58.5 Å². The van der Waals surface area contributed by atoms with Crippen LogP contribution < -0.4 is 70.0 Å². The SMILES string of the molecule is CC[C@H](NC(=O)[C@@H](N)Cc1ccc(O)cc1)C(=O)N[C@@H](Cc1ccccc1)C(=O)N[C@@H](CCSC)C(=O)N[C@@H](CC(C)C)C(=O)N[C@@H](CC(=O)O)C(=O)N[C@@H](CCC(=O)O)C(=O)NCCCCCC(=O)N[C@@H](CCCCN)C(=O)N[C@@H](Cc1ccccc1)C(=O)N[C@@H](CC(C)C)C(=O)NC. The van der Waals surface area contributed by atoms with Gasteiger partial charge in [0.15, 0.2) is 0 Å². The first kappa shape index (κ1) is 85.1. The van der Waals surface area contributed by atoms with E-state index in [1.54, 1.807) is 93.8 Å². The van der Waals surface area contributed by atoms with Crippen LogP contribution in [0, 0.1) is 11.8 Å². The highest BCUT2D eigenvalue weighted by Crippen LogP contribution is 2.16. The van der Waals surface area contributed by atoms with Gasteiger partial charge in [0.1, 0.15) is 60.1 Å². The van der Waals surface area contributed by atoms with Gasteiger partial charge >= 0.3 is 11.9 Å². The van der Waals surface area contributed by atoms with Gasteiger partial charge in [-0.15, -0.1) is 0 Å². The van der Waals surface area contributed by atoms with Crippen molar-refractivity contribution >= 4 is 88.7 Å². The van der Waals surface area contributed by atoms with Crippen molar-refractivity contribution in [1.82, 2.24) is 58.5 Å². The molecule has 29 nitrogen and oxygen atoms in total. The van der Waals surface area contributed by atoms with Crippen LogP contribution in [-0.4, -0.2) is 185 Å². The highest BCUT2D eigenvalue weighted by Gasteiger charge is 2.36. The second-order valence-corrected chi connectivity index (χ2v) is 26.4. The molecule has 0 bridgehead atoms. The maximum atomic E-state index is 14.4. The molecule has 0 aliphatic heterocycles. The Kier molecular flexibility index (Phi) is 39.3. The van der Waals surface area contributed by atoms with Gasteiger partial charge in [0.25, 0.3) is 0 Å². The van der Waals surface area contributed by atoms with E-state index in [9.17, 15) is 77.6 Å². The predicted octanol–water partition coefficient (Wildman–Crippen LogP) is 1.26. The summed E-state index contributed by atoms with van der Waals surface area (Å²) in [7, 11) is 1.46. The molecule has 0 saturated carbocycles. The Morgan fingerprint density at radius 2 is 0.880 bits per heavy atom. The number of unbranched alkanes of at least 4 members (excludes halogenated alkanes) is 3. The summed E-state index contributed by atoms with van der Waals surface area (Å²) >= 11 is 1.35. The number of phenols is 1. The fourth-order valence-electron chi connectivity index (χ4n) is 10.6. The molecular formula is C70H105N13O16S. The van der Waals surface area contributed by atoms with Crippen molar-refractivity contribution in [1.29, 1.82) is 0 Å². The fraction of sp³-hybridized carbons (Fsp3) is 0.557. The zero-order valence-corrected chi connectivity index (χ0v) is 59.2. The number of rotatable bonds is 48. The smallest absolute Gasteiger partial charge is 0.305 e. The van der Waals surface area contributed by atoms with Gasteiger partial charge in [0, 0.05) is 39.3 Å². The van der Waals surface area contributed by atoms with Crippen molar-refractivity contribution < 1.29 is 77.6 Å². The minimum Gasteiger partial charge on any atom is -0.508 e. The van der Waals surface area contributed by atoms with Crippen LogP contribution in [0.5, 0.6) is 5.75 Å². The Morgan fingerprint density at radius 1 is 0.440 bits per heavy atom. The van der Waals surface area contributed by atoms with Gasteiger partial charge in [-0.2, -0.15) is 11.8 Å². The van der Waals surface area contributed by atoms with Crippen molar-refractivity contribution in [3.63, 3.8) is 0 Å². The number of aliphatic carboxylic acids is 2. The molecule has 0 radical (unpaired) electrons. The van der Waals surface area contributed by atoms with E-state index in [0.717, 1.165) is 5.56 Å². The van der Waals surface area contributed by atoms with Crippen LogP contribution in [0.15, 0.2) is 84.9 Å². The molecule has 10 atom stereocenters. The second-order valence-electron chi connectivity index (χ2n) is 25.4. The molecule has 0 unspecified atom stereocenters. The van der Waals surface area contributed by atoms with Crippen LogP contribution in [0.4, 0.5) is 0 Å². The van der Waals surface area contributed by atoms with Crippen molar-refractivity contribution in [3.05, 3.63) is 102 Å². The van der Waals surface area contributed by atoms with E-state index in [-0.39, 0.29) is 88.3 Å². The van der Waals surface area contributed by atoms with Crippen molar-refractivity contribution in [3.8, 4) is 5.75 Å². The number of likely N-dealkylation sites (N-methyl/N-ethyl adjacent to an activating group) is 1. The number of nitrogens with one attached hydrogen (secondary N) is 11. The Labute approximate surface area is 589 Å². The Hall–Kier alpha value is -9.16. The molecule has 30 heteroatoms. The largest absolute Gasteiger partial charge is 0.508 e. The molecule has 18 N–H and O–H groups in total. The molecule has 0 aliphatic rings. The average molecular weight is 1420 g/mol. The minimum absolute atomic E-state index is 0.0153. The lowest BCUT2D eigenvalue weighted by Crippen LogP contribution is -2.60. The number of carbonyl (C=O) groups is 13. The van der Waals surface area contributed by atoms with Gasteiger partial charge in [-0.05, 0) is 130 Å². The maximum Gasteiger partial charge on any atom is 0.305 e. The lowest BCUT2D eigenvalue weighted by Gasteiger charge is -2.28. The molecule has 0 saturated heterocycles. The summed E-state index contributed by atoms with van der Waals surface area (Å²) in [6.45, 7) is 9.25. The normalized spacial score (nSPS) is 14.1. The first-order valence-corrected chi connectivity index (χ1v) is 35.4. The van der Waals surface area contributed by atoms with E-state index >= 15 is 0 Å². The third-order valence-corrected chi connectivity index (χ3v) is 16.7. The zero-order valence-electron chi connectivity index (χ0n) is 58.4. The Bertz CT molecular complexity index is 3130. The van der Waals surface area contributed by atoms with Gasteiger partial charge in [-0.25, -0.2) is 0 Å². The zero-order chi connectivity index (χ0) is 74.3. The summed E-state index contributed by atoms with van der Waals surface area (Å²) in [6.07, 6.45) is 2.36. The quantitative estimate of drug-likeness (QED) is 0.0354. The molecule has 0 aromatic heterocycles. The van der Waals surface area contributed by atoms with E-state index in [4.69, 9.17) is 11.5 Å². The molecule has 0 spiro atoms. The lowest BCUT2D eigenvalue weighted by atomic mass is 10.0. The fourth-order valence-corrected chi connectivity index (χ4v) is 11.1. The molecule has 3 aromatic carbocycles. The third-order valence-electron chi connectivity index (χ3n) is 16.0. The van der Waals surface area contributed by atoms with E-state index in [1.807, 2.05) is 19.9 Å². The molecule has 11 amide bonds. The van der Waals surface area contributed by atoms with Gasteiger partial charge in [0.2, 0.25) is 65.0 Å². The van der Waals surface area contributed by atoms with Crippen LogP contribution in [0.25, 0.3) is 0 Å². The van der Waals surface area contributed by atoms with Gasteiger partial charge in [0.05, 0.1) is 12.5 Å². The number of hydrogen-bond donors (Lipinski definition) is 16. The Balaban J connectivity index is 1.72. The van der Waals surface area contributed by atoms with Gasteiger partial charge in [-0.3, -0.25) is 62.3 Å². The highest BCUT2D eigenvalue weighted by atomic mass is 32.2. The molecule has 0 aliphatic carbocycles. The first-order valence-electron chi connectivity index (χ1n) is 34.0. The number of nitrogens with two attached hydrogens (primary N) is 2. The number of phenolic OH excluding ortho intramolecular Hbond substituents is 1. The third kappa shape index (κ3) is 33.1. The second kappa shape index (κ2) is 46.2. The summed E-state index contributed by atoms with van der Waals surface area (Å²) in [5.74, 6) is -10.8. The van der Waals surface area contributed by atoms with Crippen LogP contribution in [-0.2, 0) is 81.6 Å². The van der Waals surface area contributed by atoms with Crippen LogP contribution in [0.2, 0.25) is 0 Å². The summed E-state index contributed by atoms with van der Waals surface area (Å²) in [4.78, 5) is 176. The van der Waals surface area contributed by atoms with Crippen molar-refractivity contribution in [2.45, 2.75) is 204 Å². The number of amides is 11. The summed E-state index contributed by atoms with van der Waals surface area (Å²) in [5.41, 5.74) is 14.0. The number of hydrogen-bond acceptors (Lipinski definition) is 17. The van der Waals surface area contributed by atoms with Crippen LogP contribution in [0.3, 0.4) is 0 Å². The summed E-state index contributed by atoms with van der Waals surface area (Å²) < 4.78 is 0. The standard InChI is InChI=1S/C70H105N13O16S/c1-8-49(76-61(90)48(72)38-46-26-28-47(84)29-27-46)64(93)81-55(39-44-20-12-9-13-21-44)68(97)78-52(32-35-100-7)66(95)80-54(37-43(4)5)67(96)83-57(41-60(88)89)70(99)77-51(30-31-59(86)87)63(92)74-34-19-11-16-25-58(85)75-50(24-17-18-33-71)65(94)82-56(40-45-22-14-10-15-23-45)69(98)79-53(36-42(2)3)62(91)73-6/h9-10,12-15,20-23,26-29,42-43,48-57,84H,8,11,16-19,24-25,30-41,71-72H2,1-7H3,(H,73,91)(H,74,92)(H,75,85)(H,76,90)(H,77,99)(H,78,97)(H,79,98)(H,80,95)(H,81,93)(H,82,94)(H,83,96)(H,86,87)(H,88,89)/t48-,49-,50-,51-,52-,53-,54-,55-,56-,57-/m0/s1. The molecule has 0 heterocycles. The van der Waals surface area contributed by atoms with Crippen LogP contribution >= 0.6 is 11.8 Å². The molecule has 0 fully saturated rings. The predicted molar refractivity (Wildman–Crippen MR) is 377 cm³/mol.